The Bertz CT molecular complexity index is 385. The highest BCUT2D eigenvalue weighted by Gasteiger charge is 2.42. The maximum Gasteiger partial charge on any atom is 0.159 e. The molecule has 0 saturated heterocycles. The van der Waals surface area contributed by atoms with Gasteiger partial charge in [-0.1, -0.05) is 12.5 Å². The number of benzene rings is 1. The van der Waals surface area contributed by atoms with Gasteiger partial charge < -0.3 is 10.8 Å². The molecule has 1 aliphatic carbocycles. The molecule has 88 valence electrons. The molecule has 16 heavy (non-hydrogen) atoms. The Hall–Kier alpha value is -1.00. The Balaban J connectivity index is 2.26. The summed E-state index contributed by atoms with van der Waals surface area (Å²) >= 11 is 0. The minimum absolute atomic E-state index is 0.00678. The highest BCUT2D eigenvalue weighted by molar-refractivity contribution is 5.24. The minimum Gasteiger partial charge on any atom is -0.396 e. The highest BCUT2D eigenvalue weighted by atomic mass is 19.2. The first-order valence-corrected chi connectivity index (χ1v) is 5.40. The van der Waals surface area contributed by atoms with Gasteiger partial charge in [-0.05, 0) is 30.5 Å². The molecule has 0 aliphatic heterocycles. The average Bonchev–Trinajstić information content (AvgIpc) is 2.21. The first kappa shape index (κ1) is 11.5. The Morgan fingerprint density at radius 1 is 1.31 bits per heavy atom. The van der Waals surface area contributed by atoms with Gasteiger partial charge in [-0.25, -0.2) is 8.78 Å². The number of hydrogen-bond donors (Lipinski definition) is 2. The number of rotatable bonds is 3. The lowest BCUT2D eigenvalue weighted by molar-refractivity contribution is 0.0183. The lowest BCUT2D eigenvalue weighted by atomic mass is 9.63. The van der Waals surface area contributed by atoms with E-state index in [4.69, 9.17) is 5.73 Å². The van der Waals surface area contributed by atoms with Gasteiger partial charge in [0.05, 0.1) is 6.61 Å². The number of nitrogens with two attached hydrogens (primary N) is 1. The molecule has 0 spiro atoms. The van der Waals surface area contributed by atoms with E-state index in [2.05, 4.69) is 0 Å². The molecule has 0 aromatic heterocycles. The third kappa shape index (κ3) is 1.72. The van der Waals surface area contributed by atoms with Crippen molar-refractivity contribution in [2.75, 3.05) is 6.61 Å². The summed E-state index contributed by atoms with van der Waals surface area (Å²) in [4.78, 5) is 0. The maximum atomic E-state index is 13.1. The van der Waals surface area contributed by atoms with E-state index in [1.165, 1.54) is 6.07 Å². The molecule has 1 aromatic carbocycles. The third-order valence-electron chi connectivity index (χ3n) is 3.63. The number of aliphatic hydroxyl groups excluding tert-OH is 1. The van der Waals surface area contributed by atoms with Crippen LogP contribution in [0.25, 0.3) is 0 Å². The van der Waals surface area contributed by atoms with E-state index in [1.807, 2.05) is 0 Å². The van der Waals surface area contributed by atoms with E-state index < -0.39 is 17.7 Å². The molecular formula is C12H15F2NO. The molecule has 1 atom stereocenters. The van der Waals surface area contributed by atoms with E-state index in [0.717, 1.165) is 31.4 Å². The van der Waals surface area contributed by atoms with Crippen LogP contribution in [0.15, 0.2) is 18.2 Å². The van der Waals surface area contributed by atoms with Crippen molar-refractivity contribution in [2.45, 2.75) is 25.3 Å². The SMILES string of the molecule is NC(c1ccc(F)c(F)c1)C1(CO)CCC1. The summed E-state index contributed by atoms with van der Waals surface area (Å²) in [5, 5.41) is 9.34. The van der Waals surface area contributed by atoms with Crippen molar-refractivity contribution in [1.82, 2.24) is 0 Å². The summed E-state index contributed by atoms with van der Waals surface area (Å²) in [5.41, 5.74) is 6.22. The molecule has 0 amide bonds. The minimum atomic E-state index is -0.889. The Kier molecular flexibility index (Phi) is 2.95. The molecule has 0 bridgehead atoms. The second-order valence-electron chi connectivity index (χ2n) is 4.53. The first-order valence-electron chi connectivity index (χ1n) is 5.40. The second-order valence-corrected chi connectivity index (χ2v) is 4.53. The quantitative estimate of drug-likeness (QED) is 0.830. The molecule has 1 unspecified atom stereocenters. The number of halogens is 2. The summed E-state index contributed by atoms with van der Waals surface area (Å²) in [6.45, 7) is -0.00678. The fourth-order valence-corrected chi connectivity index (χ4v) is 2.26. The number of aliphatic hydroxyl groups is 1. The lowest BCUT2D eigenvalue weighted by Crippen LogP contribution is -2.43. The van der Waals surface area contributed by atoms with Crippen molar-refractivity contribution in [3.05, 3.63) is 35.4 Å². The van der Waals surface area contributed by atoms with Crippen LogP contribution in [0.4, 0.5) is 8.78 Å². The van der Waals surface area contributed by atoms with Crippen molar-refractivity contribution < 1.29 is 13.9 Å². The normalized spacial score (nSPS) is 20.2. The van der Waals surface area contributed by atoms with Gasteiger partial charge in [0.15, 0.2) is 11.6 Å². The van der Waals surface area contributed by atoms with Gasteiger partial charge in [0.25, 0.3) is 0 Å². The van der Waals surface area contributed by atoms with Crippen molar-refractivity contribution in [3.8, 4) is 0 Å². The molecule has 2 rings (SSSR count). The van der Waals surface area contributed by atoms with E-state index >= 15 is 0 Å². The molecule has 1 fully saturated rings. The van der Waals surface area contributed by atoms with Crippen LogP contribution in [0, 0.1) is 17.0 Å². The molecule has 0 radical (unpaired) electrons. The van der Waals surface area contributed by atoms with Crippen LogP contribution in [-0.4, -0.2) is 11.7 Å². The van der Waals surface area contributed by atoms with Crippen LogP contribution in [0.1, 0.15) is 30.9 Å². The van der Waals surface area contributed by atoms with E-state index in [-0.39, 0.29) is 12.0 Å². The van der Waals surface area contributed by atoms with Crippen LogP contribution in [-0.2, 0) is 0 Å². The summed E-state index contributed by atoms with van der Waals surface area (Å²) in [5.74, 6) is -1.76. The van der Waals surface area contributed by atoms with Crippen LogP contribution >= 0.6 is 0 Å². The Morgan fingerprint density at radius 2 is 2.00 bits per heavy atom. The Morgan fingerprint density at radius 3 is 2.44 bits per heavy atom. The third-order valence-corrected chi connectivity index (χ3v) is 3.63. The van der Waals surface area contributed by atoms with Crippen LogP contribution in [0.2, 0.25) is 0 Å². The topological polar surface area (TPSA) is 46.2 Å². The zero-order valence-electron chi connectivity index (χ0n) is 8.92. The maximum absolute atomic E-state index is 13.1. The molecule has 4 heteroatoms. The van der Waals surface area contributed by atoms with Crippen molar-refractivity contribution in [1.29, 1.82) is 0 Å². The fourth-order valence-electron chi connectivity index (χ4n) is 2.26. The van der Waals surface area contributed by atoms with Crippen molar-refractivity contribution in [2.24, 2.45) is 11.1 Å². The molecular weight excluding hydrogens is 212 g/mol. The molecule has 1 aromatic rings. The zero-order chi connectivity index (χ0) is 11.8. The largest absolute Gasteiger partial charge is 0.396 e. The van der Waals surface area contributed by atoms with Crippen LogP contribution in [0.5, 0.6) is 0 Å². The zero-order valence-corrected chi connectivity index (χ0v) is 8.92. The molecule has 1 aliphatic rings. The second kappa shape index (κ2) is 4.11. The molecule has 2 nitrogen and oxygen atoms in total. The summed E-state index contributed by atoms with van der Waals surface area (Å²) < 4.78 is 25.8. The summed E-state index contributed by atoms with van der Waals surface area (Å²) in [6, 6.07) is 3.25. The van der Waals surface area contributed by atoms with Gasteiger partial charge >= 0.3 is 0 Å². The fraction of sp³-hybridized carbons (Fsp3) is 0.500. The highest BCUT2D eigenvalue weighted by Crippen LogP contribution is 2.48. The van der Waals surface area contributed by atoms with E-state index in [9.17, 15) is 13.9 Å². The van der Waals surface area contributed by atoms with Crippen LogP contribution < -0.4 is 5.73 Å². The Labute approximate surface area is 93.1 Å². The van der Waals surface area contributed by atoms with Gasteiger partial charge in [0, 0.05) is 11.5 Å². The predicted octanol–water partition coefficient (Wildman–Crippen LogP) is 2.13. The summed E-state index contributed by atoms with van der Waals surface area (Å²) in [7, 11) is 0. The molecule has 0 heterocycles. The van der Waals surface area contributed by atoms with Crippen molar-refractivity contribution >= 4 is 0 Å². The molecule has 1 saturated carbocycles. The van der Waals surface area contributed by atoms with E-state index in [0.29, 0.717) is 5.56 Å². The first-order chi connectivity index (χ1) is 7.59. The molecule has 3 N–H and O–H groups in total. The van der Waals surface area contributed by atoms with Gasteiger partial charge in [-0.15, -0.1) is 0 Å². The summed E-state index contributed by atoms with van der Waals surface area (Å²) in [6.07, 6.45) is 2.70. The van der Waals surface area contributed by atoms with Gasteiger partial charge in [0.1, 0.15) is 0 Å². The van der Waals surface area contributed by atoms with Crippen molar-refractivity contribution in [3.63, 3.8) is 0 Å². The van der Waals surface area contributed by atoms with Gasteiger partial charge in [-0.3, -0.25) is 0 Å². The standard InChI is InChI=1S/C12H15F2NO/c13-9-3-2-8(6-10(9)14)11(15)12(7-16)4-1-5-12/h2-3,6,11,16H,1,4-5,7,15H2. The number of hydrogen-bond acceptors (Lipinski definition) is 2. The monoisotopic (exact) mass is 227 g/mol. The van der Waals surface area contributed by atoms with Gasteiger partial charge in [-0.2, -0.15) is 0 Å². The average molecular weight is 227 g/mol. The van der Waals surface area contributed by atoms with Crippen LogP contribution in [0.3, 0.4) is 0 Å². The lowest BCUT2D eigenvalue weighted by Gasteiger charge is -2.45. The smallest absolute Gasteiger partial charge is 0.159 e. The van der Waals surface area contributed by atoms with E-state index in [1.54, 1.807) is 0 Å². The van der Waals surface area contributed by atoms with Gasteiger partial charge in [0.2, 0.25) is 0 Å². The predicted molar refractivity (Wildman–Crippen MR) is 56.7 cm³/mol.